The second-order valence-electron chi connectivity index (χ2n) is 3.52. The second kappa shape index (κ2) is 9.61. The molecule has 0 bridgehead atoms. The number of hydrogen-bond donors (Lipinski definition) is 2. The summed E-state index contributed by atoms with van der Waals surface area (Å²) in [6.07, 6.45) is 2.39. The average Bonchev–Trinajstić information content (AvgIpc) is 2.72. The largest absolute Gasteiger partial charge is 0.402 e. The van der Waals surface area contributed by atoms with Crippen LogP contribution in [0.2, 0.25) is 0 Å². The highest BCUT2D eigenvalue weighted by atomic mass is 28.3. The molecule has 1 saturated heterocycles. The van der Waals surface area contributed by atoms with E-state index in [1.807, 2.05) is 0 Å². The number of nitrogens with one attached hydrogen (secondary N) is 1. The van der Waals surface area contributed by atoms with Gasteiger partial charge in [-0.2, -0.15) is 0 Å². The van der Waals surface area contributed by atoms with Gasteiger partial charge in [0.25, 0.3) is 0 Å². The maximum atomic E-state index is 5.84. The first-order valence-corrected chi connectivity index (χ1v) is 6.35. The highest BCUT2D eigenvalue weighted by Gasteiger charge is 2.19. The molecule has 0 spiro atoms. The van der Waals surface area contributed by atoms with E-state index in [2.05, 4.69) is 21.1 Å². The standard InChI is InChI=1S/C7H16N2.C2H8O2Si/c1-2-7(8)6-3-4-9-5-6;1-3-5-4-2/h6-7,9H,2-5,8H2,1H3;5H2,1-2H3. The second-order valence-corrected chi connectivity index (χ2v) is 4.91. The third-order valence-corrected chi connectivity index (χ3v) is 2.88. The third-order valence-electron chi connectivity index (χ3n) is 2.41. The Hall–Kier alpha value is 0.0569. The fourth-order valence-corrected chi connectivity index (χ4v) is 1.73. The van der Waals surface area contributed by atoms with Gasteiger partial charge in [-0.1, -0.05) is 6.92 Å². The minimum absolute atomic E-state index is 0.431. The summed E-state index contributed by atoms with van der Waals surface area (Å²) in [7, 11) is 2.73. The molecule has 1 rings (SSSR count). The van der Waals surface area contributed by atoms with E-state index in [1.165, 1.54) is 13.0 Å². The van der Waals surface area contributed by atoms with Crippen molar-refractivity contribution in [2.75, 3.05) is 27.3 Å². The van der Waals surface area contributed by atoms with Crippen LogP contribution < -0.4 is 11.1 Å². The van der Waals surface area contributed by atoms with Crippen molar-refractivity contribution in [1.82, 2.24) is 5.32 Å². The molecule has 0 amide bonds. The summed E-state index contributed by atoms with van der Waals surface area (Å²) in [5.74, 6) is 0.745. The first-order valence-electron chi connectivity index (χ1n) is 5.20. The van der Waals surface area contributed by atoms with Crippen LogP contribution in [0, 0.1) is 5.92 Å². The smallest absolute Gasteiger partial charge is 0.303 e. The lowest BCUT2D eigenvalue weighted by Crippen LogP contribution is -2.30. The molecule has 0 radical (unpaired) electrons. The van der Waals surface area contributed by atoms with Crippen LogP contribution in [0.1, 0.15) is 19.8 Å². The van der Waals surface area contributed by atoms with Gasteiger partial charge in [-0.05, 0) is 31.8 Å². The van der Waals surface area contributed by atoms with Crippen molar-refractivity contribution >= 4 is 10.0 Å². The van der Waals surface area contributed by atoms with Gasteiger partial charge in [0.15, 0.2) is 0 Å². The molecule has 0 aromatic heterocycles. The van der Waals surface area contributed by atoms with Crippen molar-refractivity contribution < 1.29 is 8.85 Å². The summed E-state index contributed by atoms with van der Waals surface area (Å²) in [6.45, 7) is 4.45. The fourth-order valence-electron chi connectivity index (χ4n) is 1.49. The maximum absolute atomic E-state index is 5.84. The van der Waals surface area contributed by atoms with E-state index in [9.17, 15) is 0 Å². The summed E-state index contributed by atoms with van der Waals surface area (Å²) in [4.78, 5) is 0. The average molecular weight is 220 g/mol. The number of hydrogen-bond acceptors (Lipinski definition) is 4. The molecule has 1 fully saturated rings. The molecule has 5 heteroatoms. The number of rotatable bonds is 4. The zero-order chi connectivity index (χ0) is 10.8. The minimum atomic E-state index is -0.568. The van der Waals surface area contributed by atoms with Crippen molar-refractivity contribution in [3.8, 4) is 0 Å². The topological polar surface area (TPSA) is 56.5 Å². The molecule has 4 nitrogen and oxygen atoms in total. The predicted octanol–water partition coefficient (Wildman–Crippen LogP) is -0.389. The third kappa shape index (κ3) is 6.50. The molecule has 1 aliphatic heterocycles. The Balaban J connectivity index is 0.000000292. The molecule has 0 aromatic carbocycles. The Morgan fingerprint density at radius 1 is 1.50 bits per heavy atom. The molecule has 86 valence electrons. The van der Waals surface area contributed by atoms with Gasteiger partial charge in [-0.25, -0.2) is 0 Å². The highest BCUT2D eigenvalue weighted by molar-refractivity contribution is 6.17. The molecule has 1 heterocycles. The van der Waals surface area contributed by atoms with E-state index in [-0.39, 0.29) is 0 Å². The molecule has 1 aliphatic rings. The van der Waals surface area contributed by atoms with E-state index in [4.69, 9.17) is 5.73 Å². The van der Waals surface area contributed by atoms with Crippen molar-refractivity contribution in [3.05, 3.63) is 0 Å². The Morgan fingerprint density at radius 2 is 2.14 bits per heavy atom. The molecule has 3 N–H and O–H groups in total. The van der Waals surface area contributed by atoms with Crippen LogP contribution in [0.15, 0.2) is 0 Å². The van der Waals surface area contributed by atoms with Gasteiger partial charge < -0.3 is 19.9 Å². The Bertz CT molecular complexity index is 119. The van der Waals surface area contributed by atoms with Gasteiger partial charge >= 0.3 is 10.0 Å². The molecule has 2 atom stereocenters. The van der Waals surface area contributed by atoms with Crippen molar-refractivity contribution in [3.63, 3.8) is 0 Å². The number of nitrogens with two attached hydrogens (primary N) is 1. The Kier molecular flexibility index (Phi) is 9.64. The fraction of sp³-hybridized carbons (Fsp3) is 1.00. The summed E-state index contributed by atoms with van der Waals surface area (Å²) < 4.78 is 9.22. The van der Waals surface area contributed by atoms with E-state index in [0.717, 1.165) is 18.9 Å². The van der Waals surface area contributed by atoms with Crippen LogP contribution >= 0.6 is 0 Å². The van der Waals surface area contributed by atoms with E-state index < -0.39 is 10.0 Å². The van der Waals surface area contributed by atoms with Crippen LogP contribution in [0.25, 0.3) is 0 Å². The Morgan fingerprint density at radius 3 is 2.43 bits per heavy atom. The quantitative estimate of drug-likeness (QED) is 0.634. The summed E-state index contributed by atoms with van der Waals surface area (Å²) in [6, 6.07) is 0.431. The summed E-state index contributed by atoms with van der Waals surface area (Å²) in [5.41, 5.74) is 5.84. The highest BCUT2D eigenvalue weighted by Crippen LogP contribution is 2.12. The summed E-state index contributed by atoms with van der Waals surface area (Å²) >= 11 is 0. The van der Waals surface area contributed by atoms with E-state index >= 15 is 0 Å². The molecule has 2 unspecified atom stereocenters. The summed E-state index contributed by atoms with van der Waals surface area (Å²) in [5, 5.41) is 3.31. The lowest BCUT2D eigenvalue weighted by atomic mass is 9.98. The van der Waals surface area contributed by atoms with Crippen LogP contribution in [-0.4, -0.2) is 43.4 Å². The predicted molar refractivity (Wildman–Crippen MR) is 61.8 cm³/mol. The minimum Gasteiger partial charge on any atom is -0.402 e. The van der Waals surface area contributed by atoms with Gasteiger partial charge in [-0.3, -0.25) is 0 Å². The van der Waals surface area contributed by atoms with Crippen LogP contribution in [0.4, 0.5) is 0 Å². The van der Waals surface area contributed by atoms with Crippen LogP contribution in [0.3, 0.4) is 0 Å². The van der Waals surface area contributed by atoms with Crippen molar-refractivity contribution in [1.29, 1.82) is 0 Å². The normalized spacial score (nSPS) is 22.7. The SMILES string of the molecule is CCC(N)C1CCNC1.CO[SiH2]OC. The molecule has 0 aromatic rings. The van der Waals surface area contributed by atoms with E-state index in [0.29, 0.717) is 6.04 Å². The Labute approximate surface area is 89.6 Å². The first-order chi connectivity index (χ1) is 6.76. The maximum Gasteiger partial charge on any atom is 0.303 e. The molecular weight excluding hydrogens is 196 g/mol. The van der Waals surface area contributed by atoms with E-state index in [1.54, 1.807) is 14.2 Å². The van der Waals surface area contributed by atoms with Crippen molar-refractivity contribution in [2.24, 2.45) is 11.7 Å². The lowest BCUT2D eigenvalue weighted by Gasteiger charge is -2.14. The molecular formula is C9H24N2O2Si. The molecule has 0 aliphatic carbocycles. The van der Waals surface area contributed by atoms with Gasteiger partial charge in [-0.15, -0.1) is 0 Å². The molecule has 0 saturated carbocycles. The van der Waals surface area contributed by atoms with Crippen LogP contribution in [0.5, 0.6) is 0 Å². The van der Waals surface area contributed by atoms with Gasteiger partial charge in [0, 0.05) is 20.3 Å². The van der Waals surface area contributed by atoms with Gasteiger partial charge in [0.2, 0.25) is 0 Å². The molecule has 14 heavy (non-hydrogen) atoms. The zero-order valence-corrected chi connectivity index (χ0v) is 11.0. The van der Waals surface area contributed by atoms with Gasteiger partial charge in [0.05, 0.1) is 0 Å². The lowest BCUT2D eigenvalue weighted by molar-refractivity contribution is 0.309. The van der Waals surface area contributed by atoms with Crippen molar-refractivity contribution in [2.45, 2.75) is 25.8 Å². The first kappa shape index (κ1) is 14.1. The van der Waals surface area contributed by atoms with Crippen LogP contribution in [-0.2, 0) is 8.85 Å². The van der Waals surface area contributed by atoms with Gasteiger partial charge in [0.1, 0.15) is 0 Å². The monoisotopic (exact) mass is 220 g/mol. The zero-order valence-electron chi connectivity index (χ0n) is 9.58.